The van der Waals surface area contributed by atoms with Crippen molar-refractivity contribution in [2.45, 2.75) is 25.9 Å². The minimum atomic E-state index is 0.214. The van der Waals surface area contributed by atoms with E-state index in [-0.39, 0.29) is 6.04 Å². The maximum absolute atomic E-state index is 6.37. The molecular weight excluding hydrogens is 282 g/mol. The predicted molar refractivity (Wildman–Crippen MR) is 86.9 cm³/mol. The van der Waals surface area contributed by atoms with Crippen LogP contribution in [0.2, 0.25) is 5.02 Å². The smallest absolute Gasteiger partial charge is 0.132 e. The Hall–Kier alpha value is -2.00. The Balaban J connectivity index is 1.84. The molecule has 1 aliphatic heterocycles. The molecule has 21 heavy (non-hydrogen) atoms. The molecule has 0 saturated heterocycles. The summed E-state index contributed by atoms with van der Waals surface area (Å²) in [7, 11) is 0. The average molecular weight is 298 g/mol. The van der Waals surface area contributed by atoms with Crippen LogP contribution in [-0.2, 0) is 13.0 Å². The summed E-state index contributed by atoms with van der Waals surface area (Å²) in [5, 5.41) is 4.35. The number of rotatable bonds is 2. The Morgan fingerprint density at radius 1 is 1.24 bits per heavy atom. The molecule has 3 aromatic rings. The van der Waals surface area contributed by atoms with Crippen LogP contribution in [-0.4, -0.2) is 9.55 Å². The van der Waals surface area contributed by atoms with Crippen molar-refractivity contribution in [3.05, 3.63) is 58.9 Å². The van der Waals surface area contributed by atoms with Crippen molar-refractivity contribution < 1.29 is 0 Å². The van der Waals surface area contributed by atoms with E-state index in [1.807, 2.05) is 18.2 Å². The van der Waals surface area contributed by atoms with Gasteiger partial charge in [-0.3, -0.25) is 0 Å². The highest BCUT2D eigenvalue weighted by molar-refractivity contribution is 6.35. The molecule has 1 N–H and O–H groups in total. The third-order valence-corrected chi connectivity index (χ3v) is 4.45. The molecule has 4 rings (SSSR count). The zero-order valence-corrected chi connectivity index (χ0v) is 12.6. The summed E-state index contributed by atoms with van der Waals surface area (Å²) in [5.74, 6) is 1.07. The number of fused-ring (bicyclic) bond motifs is 2. The summed E-state index contributed by atoms with van der Waals surface area (Å²) in [4.78, 5) is 4.83. The maximum Gasteiger partial charge on any atom is 0.132 e. The fourth-order valence-electron chi connectivity index (χ4n) is 3.20. The highest BCUT2D eigenvalue weighted by Gasteiger charge is 2.26. The Morgan fingerprint density at radius 3 is 2.90 bits per heavy atom. The van der Waals surface area contributed by atoms with E-state index < -0.39 is 0 Å². The topological polar surface area (TPSA) is 29.9 Å². The molecule has 0 bridgehead atoms. The van der Waals surface area contributed by atoms with Crippen LogP contribution in [0.5, 0.6) is 0 Å². The van der Waals surface area contributed by atoms with Crippen molar-refractivity contribution in [2.75, 3.05) is 5.32 Å². The molecule has 0 aliphatic carbocycles. The third kappa shape index (κ3) is 1.92. The molecule has 1 unspecified atom stereocenters. The SMILES string of the molecule is CCn1c(C2Cc3ccccc3N2)nc2cccc(Cl)c21. The Labute approximate surface area is 128 Å². The van der Waals surface area contributed by atoms with E-state index in [1.54, 1.807) is 0 Å². The van der Waals surface area contributed by atoms with Crippen molar-refractivity contribution in [3.63, 3.8) is 0 Å². The first kappa shape index (κ1) is 12.7. The molecule has 0 saturated carbocycles. The number of nitrogens with one attached hydrogen (secondary N) is 1. The molecule has 1 aromatic heterocycles. The van der Waals surface area contributed by atoms with E-state index >= 15 is 0 Å². The molecule has 2 heterocycles. The first-order chi connectivity index (χ1) is 10.3. The predicted octanol–water partition coefficient (Wildman–Crippen LogP) is 4.42. The van der Waals surface area contributed by atoms with E-state index in [0.717, 1.165) is 34.8 Å². The number of imidazole rings is 1. The quantitative estimate of drug-likeness (QED) is 0.759. The van der Waals surface area contributed by atoms with Gasteiger partial charge in [-0.25, -0.2) is 4.98 Å². The zero-order chi connectivity index (χ0) is 14.4. The van der Waals surface area contributed by atoms with E-state index in [1.165, 1.54) is 11.3 Å². The summed E-state index contributed by atoms with van der Waals surface area (Å²) in [6, 6.07) is 14.6. The van der Waals surface area contributed by atoms with Crippen molar-refractivity contribution in [3.8, 4) is 0 Å². The van der Waals surface area contributed by atoms with Gasteiger partial charge in [0.15, 0.2) is 0 Å². The normalized spacial score (nSPS) is 17.0. The number of para-hydroxylation sites is 2. The summed E-state index contributed by atoms with van der Waals surface area (Å²) < 4.78 is 2.22. The van der Waals surface area contributed by atoms with Crippen molar-refractivity contribution in [2.24, 2.45) is 0 Å². The van der Waals surface area contributed by atoms with Crippen LogP contribution < -0.4 is 5.32 Å². The number of aryl methyl sites for hydroxylation is 1. The highest BCUT2D eigenvalue weighted by Crippen LogP contribution is 2.35. The van der Waals surface area contributed by atoms with Crippen LogP contribution in [0.3, 0.4) is 0 Å². The van der Waals surface area contributed by atoms with Crippen molar-refractivity contribution >= 4 is 28.3 Å². The number of aromatic nitrogens is 2. The minimum absolute atomic E-state index is 0.214. The van der Waals surface area contributed by atoms with Crippen LogP contribution in [0.1, 0.15) is 24.4 Å². The van der Waals surface area contributed by atoms with E-state index in [2.05, 4.69) is 41.1 Å². The molecule has 1 atom stereocenters. The molecule has 106 valence electrons. The van der Waals surface area contributed by atoms with Gasteiger partial charge >= 0.3 is 0 Å². The molecule has 2 aromatic carbocycles. The number of anilines is 1. The molecule has 0 radical (unpaired) electrons. The lowest BCUT2D eigenvalue weighted by Crippen LogP contribution is -2.13. The lowest BCUT2D eigenvalue weighted by Gasteiger charge is -2.13. The van der Waals surface area contributed by atoms with Gasteiger partial charge in [0.25, 0.3) is 0 Å². The van der Waals surface area contributed by atoms with Crippen LogP contribution in [0.4, 0.5) is 5.69 Å². The fraction of sp³-hybridized carbons (Fsp3) is 0.235. The molecule has 0 amide bonds. The van der Waals surface area contributed by atoms with Crippen LogP contribution in [0, 0.1) is 0 Å². The Bertz CT molecular complexity index is 797. The Kier molecular flexibility index (Phi) is 2.89. The van der Waals surface area contributed by atoms with Crippen LogP contribution >= 0.6 is 11.6 Å². The number of hydrogen-bond donors (Lipinski definition) is 1. The second-order valence-electron chi connectivity index (χ2n) is 5.38. The Morgan fingerprint density at radius 2 is 2.10 bits per heavy atom. The number of benzene rings is 2. The largest absolute Gasteiger partial charge is 0.375 e. The monoisotopic (exact) mass is 297 g/mol. The van der Waals surface area contributed by atoms with Crippen molar-refractivity contribution in [1.82, 2.24) is 9.55 Å². The fourth-order valence-corrected chi connectivity index (χ4v) is 3.47. The molecule has 3 nitrogen and oxygen atoms in total. The standard InChI is InChI=1S/C17H16ClN3/c1-2-21-16-12(18)7-5-9-14(16)20-17(21)15-10-11-6-3-4-8-13(11)19-15/h3-9,15,19H,2,10H2,1H3. The van der Waals surface area contributed by atoms with Crippen LogP contribution in [0.25, 0.3) is 11.0 Å². The second kappa shape index (κ2) is 4.78. The molecule has 0 fully saturated rings. The number of hydrogen-bond acceptors (Lipinski definition) is 2. The molecule has 0 spiro atoms. The van der Waals surface area contributed by atoms with Crippen molar-refractivity contribution in [1.29, 1.82) is 0 Å². The summed E-state index contributed by atoms with van der Waals surface area (Å²) in [6.07, 6.45) is 0.969. The van der Waals surface area contributed by atoms with Gasteiger partial charge in [0, 0.05) is 18.7 Å². The zero-order valence-electron chi connectivity index (χ0n) is 11.8. The van der Waals surface area contributed by atoms with E-state index in [0.29, 0.717) is 0 Å². The summed E-state index contributed by atoms with van der Waals surface area (Å²) in [5.41, 5.74) is 4.57. The maximum atomic E-state index is 6.37. The second-order valence-corrected chi connectivity index (χ2v) is 5.79. The minimum Gasteiger partial charge on any atom is -0.375 e. The highest BCUT2D eigenvalue weighted by atomic mass is 35.5. The number of nitrogens with zero attached hydrogens (tertiary/aromatic N) is 2. The van der Waals surface area contributed by atoms with Crippen LogP contribution in [0.15, 0.2) is 42.5 Å². The number of halogens is 1. The molecular formula is C17H16ClN3. The summed E-state index contributed by atoms with van der Waals surface area (Å²) in [6.45, 7) is 3.00. The summed E-state index contributed by atoms with van der Waals surface area (Å²) >= 11 is 6.37. The van der Waals surface area contributed by atoms with Gasteiger partial charge in [0.2, 0.25) is 0 Å². The van der Waals surface area contributed by atoms with Gasteiger partial charge in [-0.15, -0.1) is 0 Å². The van der Waals surface area contributed by atoms with Gasteiger partial charge in [0.05, 0.1) is 22.1 Å². The van der Waals surface area contributed by atoms with E-state index in [9.17, 15) is 0 Å². The van der Waals surface area contributed by atoms with Gasteiger partial charge < -0.3 is 9.88 Å². The first-order valence-corrected chi connectivity index (χ1v) is 7.65. The molecule has 4 heteroatoms. The first-order valence-electron chi connectivity index (χ1n) is 7.27. The van der Waals surface area contributed by atoms with Gasteiger partial charge in [-0.05, 0) is 30.7 Å². The van der Waals surface area contributed by atoms with E-state index in [4.69, 9.17) is 16.6 Å². The lowest BCUT2D eigenvalue weighted by molar-refractivity contribution is 0.656. The lowest BCUT2D eigenvalue weighted by atomic mass is 10.1. The average Bonchev–Trinajstić information content (AvgIpc) is 3.08. The van der Waals surface area contributed by atoms with Gasteiger partial charge in [0.1, 0.15) is 5.82 Å². The molecule has 1 aliphatic rings. The van der Waals surface area contributed by atoms with Gasteiger partial charge in [-0.2, -0.15) is 0 Å². The van der Waals surface area contributed by atoms with Gasteiger partial charge in [-0.1, -0.05) is 35.9 Å². The third-order valence-electron chi connectivity index (χ3n) is 4.15.